The topological polar surface area (TPSA) is 29.3 Å². The van der Waals surface area contributed by atoms with E-state index in [-0.39, 0.29) is 0 Å². The number of nitrogens with zero attached hydrogens (tertiary/aromatic N) is 2. The van der Waals surface area contributed by atoms with Gasteiger partial charge in [0.15, 0.2) is 0 Å². The van der Waals surface area contributed by atoms with Crippen molar-refractivity contribution < 1.29 is 4.42 Å². The maximum absolute atomic E-state index is 6.14. The first-order valence-corrected chi connectivity index (χ1v) is 17.6. The van der Waals surface area contributed by atoms with Gasteiger partial charge in [0.25, 0.3) is 0 Å². The van der Waals surface area contributed by atoms with Gasteiger partial charge in [-0.2, -0.15) is 0 Å². The van der Waals surface area contributed by atoms with Gasteiger partial charge in [-0.25, -0.2) is 4.98 Å². The van der Waals surface area contributed by atoms with Crippen LogP contribution in [0.15, 0.2) is 162 Å². The zero-order valence-corrected chi connectivity index (χ0v) is 27.3. The standard InChI is InChI=1S/C43H26N2OS2/c1-3-9-28(10-4-1)43-44-42-40(48-43)24-23-39-41(42)35-25-29(17-22-38(35)47-39)27-15-18-31(19-16-27)45(30-11-5-2-6-12-30)32-20-21-37-34(26-32)33-13-7-8-14-36(33)46-37/h1-26H. The molecule has 0 aliphatic heterocycles. The summed E-state index contributed by atoms with van der Waals surface area (Å²) < 4.78 is 9.92. The zero-order chi connectivity index (χ0) is 31.6. The Balaban J connectivity index is 1.07. The van der Waals surface area contributed by atoms with E-state index in [4.69, 9.17) is 9.40 Å². The van der Waals surface area contributed by atoms with E-state index in [0.717, 1.165) is 55.1 Å². The number of hydrogen-bond acceptors (Lipinski definition) is 5. The van der Waals surface area contributed by atoms with Crippen molar-refractivity contribution in [1.29, 1.82) is 0 Å². The van der Waals surface area contributed by atoms with Crippen molar-refractivity contribution in [2.24, 2.45) is 0 Å². The highest BCUT2D eigenvalue weighted by Gasteiger charge is 2.17. The number of thiazole rings is 1. The molecule has 5 heteroatoms. The third-order valence-corrected chi connectivity index (χ3v) is 11.3. The van der Waals surface area contributed by atoms with Gasteiger partial charge < -0.3 is 9.32 Å². The Morgan fingerprint density at radius 3 is 1.96 bits per heavy atom. The molecule has 0 unspecified atom stereocenters. The van der Waals surface area contributed by atoms with Crippen molar-refractivity contribution in [1.82, 2.24) is 4.98 Å². The minimum atomic E-state index is 0.894. The van der Waals surface area contributed by atoms with Crippen LogP contribution in [0.5, 0.6) is 0 Å². The van der Waals surface area contributed by atoms with E-state index in [9.17, 15) is 0 Å². The number of rotatable bonds is 5. The molecule has 0 aliphatic carbocycles. The lowest BCUT2D eigenvalue weighted by atomic mass is 10.0. The van der Waals surface area contributed by atoms with Crippen LogP contribution >= 0.6 is 22.7 Å². The molecular weight excluding hydrogens is 625 g/mol. The lowest BCUT2D eigenvalue weighted by Gasteiger charge is -2.25. The van der Waals surface area contributed by atoms with E-state index in [1.807, 2.05) is 23.5 Å². The van der Waals surface area contributed by atoms with Gasteiger partial charge in [0, 0.05) is 53.6 Å². The van der Waals surface area contributed by atoms with Crippen molar-refractivity contribution in [3.8, 4) is 21.7 Å². The van der Waals surface area contributed by atoms with Crippen LogP contribution < -0.4 is 4.90 Å². The Hall–Kier alpha value is -5.75. The van der Waals surface area contributed by atoms with Gasteiger partial charge in [0.1, 0.15) is 16.2 Å². The zero-order valence-electron chi connectivity index (χ0n) is 25.6. The molecule has 226 valence electrons. The van der Waals surface area contributed by atoms with Gasteiger partial charge in [-0.05, 0) is 83.9 Å². The number of thiophene rings is 1. The molecule has 3 heterocycles. The first kappa shape index (κ1) is 27.4. The number of hydrogen-bond donors (Lipinski definition) is 0. The Morgan fingerprint density at radius 1 is 0.438 bits per heavy atom. The van der Waals surface area contributed by atoms with E-state index in [1.54, 1.807) is 11.3 Å². The fourth-order valence-electron chi connectivity index (χ4n) is 6.82. The quantitative estimate of drug-likeness (QED) is 0.186. The summed E-state index contributed by atoms with van der Waals surface area (Å²) in [5.74, 6) is 0. The van der Waals surface area contributed by atoms with Crippen molar-refractivity contribution in [3.05, 3.63) is 158 Å². The second kappa shape index (κ2) is 10.9. The summed E-state index contributed by atoms with van der Waals surface area (Å²) in [5, 5.41) is 5.81. The maximum Gasteiger partial charge on any atom is 0.135 e. The number of anilines is 3. The van der Waals surface area contributed by atoms with Crippen LogP contribution in [0.1, 0.15) is 0 Å². The Kier molecular flexibility index (Phi) is 6.22. The predicted octanol–water partition coefficient (Wildman–Crippen LogP) is 13.4. The van der Waals surface area contributed by atoms with Crippen LogP contribution in [0.2, 0.25) is 0 Å². The number of para-hydroxylation sites is 2. The maximum atomic E-state index is 6.14. The summed E-state index contributed by atoms with van der Waals surface area (Å²) in [5.41, 5.74) is 9.71. The minimum Gasteiger partial charge on any atom is -0.456 e. The Morgan fingerprint density at radius 2 is 1.10 bits per heavy atom. The van der Waals surface area contributed by atoms with E-state index < -0.39 is 0 Å². The molecule has 0 radical (unpaired) electrons. The molecule has 0 fully saturated rings. The number of fused-ring (bicyclic) bond motifs is 8. The third kappa shape index (κ3) is 4.43. The Labute approximate surface area is 284 Å². The molecule has 3 aromatic heterocycles. The van der Waals surface area contributed by atoms with Gasteiger partial charge in [0.05, 0.1) is 10.2 Å². The van der Waals surface area contributed by atoms with E-state index >= 15 is 0 Å². The van der Waals surface area contributed by atoms with Gasteiger partial charge in [-0.15, -0.1) is 22.7 Å². The molecule has 48 heavy (non-hydrogen) atoms. The molecule has 0 spiro atoms. The fraction of sp³-hybridized carbons (Fsp3) is 0. The summed E-state index contributed by atoms with van der Waals surface area (Å²) in [6.45, 7) is 0. The fourth-order valence-corrected chi connectivity index (χ4v) is 8.89. The summed E-state index contributed by atoms with van der Waals surface area (Å²) >= 11 is 3.60. The molecule has 0 aliphatic rings. The predicted molar refractivity (Wildman–Crippen MR) is 205 cm³/mol. The highest BCUT2D eigenvalue weighted by Crippen LogP contribution is 2.43. The SMILES string of the molecule is c1ccc(-c2nc3c(ccc4sc5ccc(-c6ccc(N(c7ccccc7)c7ccc8oc9ccccc9c8c7)cc6)cc5c43)s2)cc1. The molecule has 0 amide bonds. The van der Waals surface area contributed by atoms with Crippen molar-refractivity contribution in [2.45, 2.75) is 0 Å². The molecule has 7 aromatic carbocycles. The van der Waals surface area contributed by atoms with Gasteiger partial charge >= 0.3 is 0 Å². The lowest BCUT2D eigenvalue weighted by molar-refractivity contribution is 0.669. The molecule has 10 rings (SSSR count). The van der Waals surface area contributed by atoms with Crippen LogP contribution in [0, 0.1) is 0 Å². The first-order chi connectivity index (χ1) is 23.8. The average Bonchev–Trinajstić information content (AvgIpc) is 3.86. The minimum absolute atomic E-state index is 0.894. The van der Waals surface area contributed by atoms with Crippen LogP contribution in [-0.4, -0.2) is 4.98 Å². The second-order valence-electron chi connectivity index (χ2n) is 12.0. The Bertz CT molecular complexity index is 2780. The van der Waals surface area contributed by atoms with E-state index in [0.29, 0.717) is 0 Å². The highest BCUT2D eigenvalue weighted by atomic mass is 32.1. The van der Waals surface area contributed by atoms with Gasteiger partial charge in [0.2, 0.25) is 0 Å². The molecule has 0 atom stereocenters. The highest BCUT2D eigenvalue weighted by molar-refractivity contribution is 7.26. The number of aromatic nitrogens is 1. The lowest BCUT2D eigenvalue weighted by Crippen LogP contribution is -2.09. The summed E-state index contributed by atoms with van der Waals surface area (Å²) in [6, 6.07) is 56.0. The average molecular weight is 651 g/mol. The van der Waals surface area contributed by atoms with Crippen LogP contribution in [0.3, 0.4) is 0 Å². The van der Waals surface area contributed by atoms with E-state index in [2.05, 4.69) is 150 Å². The molecule has 3 nitrogen and oxygen atoms in total. The summed E-state index contributed by atoms with van der Waals surface area (Å²) in [4.78, 5) is 7.48. The largest absolute Gasteiger partial charge is 0.456 e. The molecule has 0 saturated carbocycles. The first-order valence-electron chi connectivity index (χ1n) is 15.9. The van der Waals surface area contributed by atoms with Crippen molar-refractivity contribution in [2.75, 3.05) is 4.90 Å². The van der Waals surface area contributed by atoms with E-state index in [1.165, 1.54) is 36.0 Å². The molecule has 0 bridgehead atoms. The van der Waals surface area contributed by atoms with Gasteiger partial charge in [-0.1, -0.05) is 84.9 Å². The van der Waals surface area contributed by atoms with Crippen molar-refractivity contribution >= 4 is 92.1 Å². The molecule has 10 aromatic rings. The van der Waals surface area contributed by atoms with Crippen LogP contribution in [0.25, 0.3) is 74.0 Å². The van der Waals surface area contributed by atoms with Crippen LogP contribution in [0.4, 0.5) is 17.1 Å². The second-order valence-corrected chi connectivity index (χ2v) is 14.1. The van der Waals surface area contributed by atoms with Gasteiger partial charge in [-0.3, -0.25) is 0 Å². The number of furan rings is 1. The number of benzene rings is 7. The smallest absolute Gasteiger partial charge is 0.135 e. The normalized spacial score (nSPS) is 11.8. The van der Waals surface area contributed by atoms with Crippen molar-refractivity contribution in [3.63, 3.8) is 0 Å². The van der Waals surface area contributed by atoms with Crippen LogP contribution in [-0.2, 0) is 0 Å². The molecule has 0 N–H and O–H groups in total. The monoisotopic (exact) mass is 650 g/mol. The summed E-state index contributed by atoms with van der Waals surface area (Å²) in [6.07, 6.45) is 0. The molecular formula is C43H26N2OS2. The summed E-state index contributed by atoms with van der Waals surface area (Å²) in [7, 11) is 0. The third-order valence-electron chi connectivity index (χ3n) is 9.10. The molecule has 0 saturated heterocycles.